The Hall–Kier alpha value is -1.92. The molecule has 110 valence electrons. The van der Waals surface area contributed by atoms with Crippen molar-refractivity contribution in [2.24, 2.45) is 0 Å². The number of halogens is 2. The molecule has 0 unspecified atom stereocenters. The zero-order valence-corrected chi connectivity index (χ0v) is 11.6. The lowest BCUT2D eigenvalue weighted by atomic mass is 9.80. The molecule has 2 aromatic carbocycles. The molecule has 0 atom stereocenters. The molecule has 3 nitrogen and oxygen atoms in total. The number of benzene rings is 2. The van der Waals surface area contributed by atoms with Gasteiger partial charge < -0.3 is 14.9 Å². The van der Waals surface area contributed by atoms with E-state index < -0.39 is 12.9 Å². The second-order valence-electron chi connectivity index (χ2n) is 4.72. The summed E-state index contributed by atoms with van der Waals surface area (Å²) >= 11 is 0. The fraction of sp³-hybridized carbons (Fsp3) is 0.200. The van der Waals surface area contributed by atoms with Crippen molar-refractivity contribution in [3.05, 3.63) is 59.7 Å². The number of nitrogens with zero attached hydrogens (tertiary/aromatic N) is 1. The van der Waals surface area contributed by atoms with Crippen molar-refractivity contribution in [3.8, 4) is 0 Å². The van der Waals surface area contributed by atoms with Gasteiger partial charge >= 0.3 is 7.12 Å². The molecule has 0 saturated carbocycles. The number of rotatable bonds is 5. The molecule has 21 heavy (non-hydrogen) atoms. The highest BCUT2D eigenvalue weighted by Gasteiger charge is 2.15. The van der Waals surface area contributed by atoms with Crippen LogP contribution in [0.1, 0.15) is 12.5 Å². The SMILES string of the molecule is CCN(Cc1ccc(B(O)O)cc1F)c1cccc(F)c1. The first-order valence-corrected chi connectivity index (χ1v) is 6.66. The minimum atomic E-state index is -1.70. The first-order valence-electron chi connectivity index (χ1n) is 6.66. The molecule has 0 saturated heterocycles. The van der Waals surface area contributed by atoms with E-state index in [4.69, 9.17) is 10.0 Å². The van der Waals surface area contributed by atoms with Gasteiger partial charge in [-0.3, -0.25) is 0 Å². The fourth-order valence-electron chi connectivity index (χ4n) is 2.12. The summed E-state index contributed by atoms with van der Waals surface area (Å²) in [7, 11) is -1.70. The van der Waals surface area contributed by atoms with Crippen molar-refractivity contribution >= 4 is 18.3 Å². The Kier molecular flexibility index (Phi) is 4.93. The predicted octanol–water partition coefficient (Wildman–Crippen LogP) is 1.67. The minimum Gasteiger partial charge on any atom is -0.423 e. The number of hydrogen-bond acceptors (Lipinski definition) is 3. The molecular formula is C15H16BF2NO2. The predicted molar refractivity (Wildman–Crippen MR) is 79.3 cm³/mol. The molecule has 0 bridgehead atoms. The Bertz CT molecular complexity index is 622. The number of anilines is 1. The summed E-state index contributed by atoms with van der Waals surface area (Å²) in [5, 5.41) is 18.0. The van der Waals surface area contributed by atoms with Gasteiger partial charge in [0.25, 0.3) is 0 Å². The Morgan fingerprint density at radius 1 is 1.10 bits per heavy atom. The lowest BCUT2D eigenvalue weighted by molar-refractivity contribution is 0.425. The third-order valence-corrected chi connectivity index (χ3v) is 3.29. The van der Waals surface area contributed by atoms with Gasteiger partial charge in [-0.05, 0) is 36.7 Å². The van der Waals surface area contributed by atoms with Crippen LogP contribution in [-0.2, 0) is 6.54 Å². The van der Waals surface area contributed by atoms with Crippen LogP contribution >= 0.6 is 0 Å². The van der Waals surface area contributed by atoms with E-state index in [2.05, 4.69) is 0 Å². The molecule has 0 spiro atoms. The molecule has 0 aliphatic rings. The van der Waals surface area contributed by atoms with E-state index in [1.807, 2.05) is 11.8 Å². The Balaban J connectivity index is 2.23. The van der Waals surface area contributed by atoms with Crippen molar-refractivity contribution in [2.45, 2.75) is 13.5 Å². The van der Waals surface area contributed by atoms with Crippen LogP contribution in [0.15, 0.2) is 42.5 Å². The maximum absolute atomic E-state index is 14.0. The molecule has 0 aliphatic heterocycles. The van der Waals surface area contributed by atoms with E-state index in [9.17, 15) is 8.78 Å². The topological polar surface area (TPSA) is 43.7 Å². The highest BCUT2D eigenvalue weighted by atomic mass is 19.1. The van der Waals surface area contributed by atoms with Gasteiger partial charge in [0.1, 0.15) is 11.6 Å². The highest BCUT2D eigenvalue weighted by molar-refractivity contribution is 6.58. The van der Waals surface area contributed by atoms with E-state index >= 15 is 0 Å². The molecule has 0 aromatic heterocycles. The van der Waals surface area contributed by atoms with Crippen LogP contribution in [0.2, 0.25) is 0 Å². The van der Waals surface area contributed by atoms with Gasteiger partial charge in [-0.1, -0.05) is 18.2 Å². The second kappa shape index (κ2) is 6.69. The molecular weight excluding hydrogens is 275 g/mol. The largest absolute Gasteiger partial charge is 0.488 e. The summed E-state index contributed by atoms with van der Waals surface area (Å²) < 4.78 is 27.2. The van der Waals surface area contributed by atoms with Gasteiger partial charge in [0.15, 0.2) is 0 Å². The summed E-state index contributed by atoms with van der Waals surface area (Å²) in [6.45, 7) is 2.76. The van der Waals surface area contributed by atoms with Gasteiger partial charge in [0, 0.05) is 24.3 Å². The zero-order valence-electron chi connectivity index (χ0n) is 11.6. The van der Waals surface area contributed by atoms with Crippen LogP contribution in [-0.4, -0.2) is 23.7 Å². The van der Waals surface area contributed by atoms with Crippen molar-refractivity contribution in [3.63, 3.8) is 0 Å². The highest BCUT2D eigenvalue weighted by Crippen LogP contribution is 2.19. The molecule has 0 aliphatic carbocycles. The summed E-state index contributed by atoms with van der Waals surface area (Å²) in [4.78, 5) is 1.83. The van der Waals surface area contributed by atoms with E-state index in [0.29, 0.717) is 17.8 Å². The molecule has 0 heterocycles. The minimum absolute atomic E-state index is 0.102. The van der Waals surface area contributed by atoms with Gasteiger partial charge in [-0.25, -0.2) is 8.78 Å². The van der Waals surface area contributed by atoms with Crippen molar-refractivity contribution < 1.29 is 18.8 Å². The van der Waals surface area contributed by atoms with Crippen LogP contribution < -0.4 is 10.4 Å². The lowest BCUT2D eigenvalue weighted by Crippen LogP contribution is -2.31. The summed E-state index contributed by atoms with van der Waals surface area (Å²) in [5.74, 6) is -0.861. The lowest BCUT2D eigenvalue weighted by Gasteiger charge is -2.23. The Labute approximate surface area is 122 Å². The Morgan fingerprint density at radius 2 is 1.86 bits per heavy atom. The maximum Gasteiger partial charge on any atom is 0.488 e. The Morgan fingerprint density at radius 3 is 2.43 bits per heavy atom. The van der Waals surface area contributed by atoms with E-state index in [1.165, 1.54) is 24.3 Å². The fourth-order valence-corrected chi connectivity index (χ4v) is 2.12. The van der Waals surface area contributed by atoms with Gasteiger partial charge in [0.05, 0.1) is 0 Å². The summed E-state index contributed by atoms with van der Waals surface area (Å²) in [6.07, 6.45) is 0. The van der Waals surface area contributed by atoms with Gasteiger partial charge in [0.2, 0.25) is 0 Å². The van der Waals surface area contributed by atoms with Crippen LogP contribution in [0, 0.1) is 11.6 Å². The smallest absolute Gasteiger partial charge is 0.423 e. The molecule has 2 aromatic rings. The summed E-state index contributed by atoms with van der Waals surface area (Å²) in [5.41, 5.74) is 1.18. The van der Waals surface area contributed by atoms with Crippen molar-refractivity contribution in [1.82, 2.24) is 0 Å². The van der Waals surface area contributed by atoms with Crippen LogP contribution in [0.4, 0.5) is 14.5 Å². The molecule has 2 rings (SSSR count). The van der Waals surface area contributed by atoms with E-state index in [1.54, 1.807) is 12.1 Å². The quantitative estimate of drug-likeness (QED) is 0.824. The normalized spacial score (nSPS) is 10.5. The molecule has 0 radical (unpaired) electrons. The average molecular weight is 291 g/mol. The zero-order chi connectivity index (χ0) is 15.4. The second-order valence-corrected chi connectivity index (χ2v) is 4.72. The van der Waals surface area contributed by atoms with Crippen molar-refractivity contribution in [2.75, 3.05) is 11.4 Å². The van der Waals surface area contributed by atoms with E-state index in [0.717, 1.165) is 6.07 Å². The maximum atomic E-state index is 14.0. The van der Waals surface area contributed by atoms with Gasteiger partial charge in [-0.15, -0.1) is 0 Å². The molecule has 0 fully saturated rings. The van der Waals surface area contributed by atoms with Crippen LogP contribution in [0.3, 0.4) is 0 Å². The third kappa shape index (κ3) is 3.80. The monoisotopic (exact) mass is 291 g/mol. The molecule has 6 heteroatoms. The standard InChI is InChI=1S/C15H16BF2NO2/c1-2-19(14-5-3-4-13(17)9-14)10-11-6-7-12(16(20)21)8-15(11)18/h3-9,20-21H,2,10H2,1H3. The van der Waals surface area contributed by atoms with Gasteiger partial charge in [-0.2, -0.15) is 0 Å². The van der Waals surface area contributed by atoms with Crippen LogP contribution in [0.5, 0.6) is 0 Å². The molecule has 0 amide bonds. The third-order valence-electron chi connectivity index (χ3n) is 3.29. The first-order chi connectivity index (χ1) is 10.0. The summed E-state index contributed by atoms with van der Waals surface area (Å²) in [6, 6.07) is 10.2. The van der Waals surface area contributed by atoms with E-state index in [-0.39, 0.29) is 17.8 Å². The first kappa shape index (κ1) is 15.5. The number of hydrogen-bond donors (Lipinski definition) is 2. The van der Waals surface area contributed by atoms with Crippen LogP contribution in [0.25, 0.3) is 0 Å². The average Bonchev–Trinajstić information content (AvgIpc) is 2.45. The van der Waals surface area contributed by atoms with Crippen molar-refractivity contribution in [1.29, 1.82) is 0 Å². The molecule has 2 N–H and O–H groups in total.